The minimum absolute atomic E-state index is 0. The average Bonchev–Trinajstić information content (AvgIpc) is 0.722. The molecule has 0 aliphatic carbocycles. The van der Waals surface area contributed by atoms with Crippen LogP contribution in [0.4, 0.5) is 0 Å². The molecule has 0 bridgehead atoms. The monoisotopic (exact) mass is 144 g/mol. The van der Waals surface area contributed by atoms with Crippen LogP contribution in [0.1, 0.15) is 0 Å². The Labute approximate surface area is 52.6 Å². The van der Waals surface area contributed by atoms with Crippen molar-refractivity contribution in [2.45, 2.75) is 0 Å². The first-order chi connectivity index (χ1) is 2.00. The Kier molecular flexibility index (Phi) is 10.8. The van der Waals surface area contributed by atoms with Crippen LogP contribution in [-0.4, -0.2) is 32.1 Å². The third kappa shape index (κ3) is 316. The molecule has 0 aliphatic rings. The van der Waals surface area contributed by atoms with Crippen molar-refractivity contribution >= 4 is 7.26 Å². The minimum atomic E-state index is -0.389. The molecule has 0 amide bonds. The molecule has 3 heteroatoms. The van der Waals surface area contributed by atoms with Crippen molar-refractivity contribution in [3.8, 4) is 0 Å². The van der Waals surface area contributed by atoms with Crippen molar-refractivity contribution in [1.82, 2.24) is 0 Å². The van der Waals surface area contributed by atoms with Crippen LogP contribution in [0.25, 0.3) is 0 Å². The Balaban J connectivity index is -0.0000000800. The lowest BCUT2D eigenvalue weighted by Gasteiger charge is -1.97. The number of hydrogen-bond acceptors (Lipinski definition) is 0. The fourth-order valence-electron chi connectivity index (χ4n) is 0. The summed E-state index contributed by atoms with van der Waals surface area (Å²) in [6, 6.07) is 0. The summed E-state index contributed by atoms with van der Waals surface area (Å²) in [6.07, 6.45) is 0. The predicted octanol–water partition coefficient (Wildman–Crippen LogP) is -2.30. The van der Waals surface area contributed by atoms with E-state index in [-0.39, 0.29) is 25.1 Å². The minimum Gasteiger partial charge on any atom is -1.00 e. The second kappa shape index (κ2) is 4.83. The molecule has 7 heavy (non-hydrogen) atoms. The molecule has 0 saturated heterocycles. The molecule has 48 valence electrons. The largest absolute Gasteiger partial charge is 1.00 e. The zero-order chi connectivity index (χ0) is 4.50. The van der Waals surface area contributed by atoms with E-state index in [1.54, 1.807) is 0 Å². The summed E-state index contributed by atoms with van der Waals surface area (Å²) in [4.78, 5) is 0. The van der Waals surface area contributed by atoms with Gasteiger partial charge in [-0.25, -0.2) is 0 Å². The molecule has 1 nitrogen and oxygen atoms in total. The van der Waals surface area contributed by atoms with E-state index in [0.29, 0.717) is 0 Å². The maximum atomic E-state index is 2.30. The standard InChI is InChI=1S/C4H12P.ClH.H2O/c1-5(2,3)4;;/h1-4H3;1H;1H2/q+1;;/p-1. The van der Waals surface area contributed by atoms with Gasteiger partial charge in [-0.2, -0.15) is 0 Å². The van der Waals surface area contributed by atoms with Gasteiger partial charge in [0.1, 0.15) is 0 Å². The van der Waals surface area contributed by atoms with Crippen LogP contribution in [0.15, 0.2) is 0 Å². The Bertz CT molecular complexity index is 27.2. The van der Waals surface area contributed by atoms with Gasteiger partial charge < -0.3 is 17.9 Å². The molecule has 2 N–H and O–H groups in total. The summed E-state index contributed by atoms with van der Waals surface area (Å²) in [5.41, 5.74) is 0. The van der Waals surface area contributed by atoms with Crippen LogP contribution in [-0.2, 0) is 0 Å². The van der Waals surface area contributed by atoms with Crippen molar-refractivity contribution in [1.29, 1.82) is 0 Å². The molecule has 0 unspecified atom stereocenters. The maximum Gasteiger partial charge on any atom is 0.0481 e. The predicted molar refractivity (Wildman–Crippen MR) is 34.2 cm³/mol. The molecule has 0 fully saturated rings. The Hall–Kier alpha value is 0.680. The van der Waals surface area contributed by atoms with E-state index in [1.165, 1.54) is 0 Å². The lowest BCUT2D eigenvalue weighted by Crippen LogP contribution is -3.00. The highest BCUT2D eigenvalue weighted by Crippen LogP contribution is 2.40. The average molecular weight is 145 g/mol. The van der Waals surface area contributed by atoms with E-state index in [0.717, 1.165) is 0 Å². The molecule has 0 aromatic rings. The molecule has 0 saturated carbocycles. The molecular formula is C4H14ClOP. The van der Waals surface area contributed by atoms with E-state index in [2.05, 4.69) is 26.7 Å². The van der Waals surface area contributed by atoms with Crippen LogP contribution in [0, 0.1) is 0 Å². The molecule has 0 aliphatic heterocycles. The molecule has 0 aromatic heterocycles. The summed E-state index contributed by atoms with van der Waals surface area (Å²) >= 11 is 0. The van der Waals surface area contributed by atoms with Gasteiger partial charge in [0.05, 0.1) is 0 Å². The van der Waals surface area contributed by atoms with Gasteiger partial charge in [-0.15, -0.1) is 0 Å². The molecule has 0 aromatic carbocycles. The molecular weight excluding hydrogens is 130 g/mol. The lowest BCUT2D eigenvalue weighted by molar-refractivity contribution is -0.00000270. The van der Waals surface area contributed by atoms with Gasteiger partial charge in [-0.05, 0) is 0 Å². The van der Waals surface area contributed by atoms with Crippen LogP contribution >= 0.6 is 7.26 Å². The second-order valence-electron chi connectivity index (χ2n) is 2.68. The van der Waals surface area contributed by atoms with Crippen LogP contribution in [0.2, 0.25) is 0 Å². The van der Waals surface area contributed by atoms with Gasteiger partial charge in [0.15, 0.2) is 0 Å². The van der Waals surface area contributed by atoms with Gasteiger partial charge in [0.25, 0.3) is 0 Å². The summed E-state index contributed by atoms with van der Waals surface area (Å²) in [5, 5.41) is 0. The molecule has 0 atom stereocenters. The first-order valence-electron chi connectivity index (χ1n) is 1.79. The van der Waals surface area contributed by atoms with E-state index < -0.39 is 0 Å². The zero-order valence-electron chi connectivity index (χ0n) is 5.33. The Morgan fingerprint density at radius 1 is 0.857 bits per heavy atom. The quantitative estimate of drug-likeness (QED) is 0.343. The summed E-state index contributed by atoms with van der Waals surface area (Å²) in [7, 11) is -0.389. The first kappa shape index (κ1) is 15.6. The lowest BCUT2D eigenvalue weighted by atomic mass is 11.8. The van der Waals surface area contributed by atoms with Crippen LogP contribution in [0.5, 0.6) is 0 Å². The van der Waals surface area contributed by atoms with E-state index in [4.69, 9.17) is 0 Å². The van der Waals surface area contributed by atoms with Gasteiger partial charge in [-0.3, -0.25) is 0 Å². The van der Waals surface area contributed by atoms with Crippen molar-refractivity contribution in [2.75, 3.05) is 26.7 Å². The van der Waals surface area contributed by atoms with Crippen LogP contribution < -0.4 is 12.4 Å². The van der Waals surface area contributed by atoms with Crippen LogP contribution in [0.3, 0.4) is 0 Å². The Morgan fingerprint density at radius 3 is 0.857 bits per heavy atom. The fraction of sp³-hybridized carbons (Fsp3) is 1.00. The smallest absolute Gasteiger partial charge is 0.0481 e. The Morgan fingerprint density at radius 2 is 0.857 bits per heavy atom. The maximum absolute atomic E-state index is 2.30. The van der Waals surface area contributed by atoms with Gasteiger partial charge in [0.2, 0.25) is 0 Å². The summed E-state index contributed by atoms with van der Waals surface area (Å²) in [6.45, 7) is 9.19. The first-order valence-corrected chi connectivity index (χ1v) is 5.37. The fourth-order valence-corrected chi connectivity index (χ4v) is 0. The summed E-state index contributed by atoms with van der Waals surface area (Å²) < 4.78 is 0. The molecule has 0 heterocycles. The highest BCUT2D eigenvalue weighted by molar-refractivity contribution is 7.72. The third-order valence-corrected chi connectivity index (χ3v) is 0. The van der Waals surface area contributed by atoms with E-state index >= 15 is 0 Å². The molecule has 0 spiro atoms. The van der Waals surface area contributed by atoms with Crippen molar-refractivity contribution in [3.63, 3.8) is 0 Å². The second-order valence-corrected chi connectivity index (χ2v) is 8.05. The van der Waals surface area contributed by atoms with E-state index in [9.17, 15) is 0 Å². The number of hydrogen-bond donors (Lipinski definition) is 0. The number of rotatable bonds is 0. The molecule has 0 rings (SSSR count). The van der Waals surface area contributed by atoms with Crippen molar-refractivity contribution in [3.05, 3.63) is 0 Å². The topological polar surface area (TPSA) is 31.5 Å². The van der Waals surface area contributed by atoms with Crippen molar-refractivity contribution in [2.24, 2.45) is 0 Å². The van der Waals surface area contributed by atoms with Crippen molar-refractivity contribution < 1.29 is 17.9 Å². The summed E-state index contributed by atoms with van der Waals surface area (Å²) in [5.74, 6) is 0. The molecule has 0 radical (unpaired) electrons. The van der Waals surface area contributed by atoms with Gasteiger partial charge in [-0.1, -0.05) is 0 Å². The highest BCUT2D eigenvalue weighted by Gasteiger charge is 2.03. The SMILES string of the molecule is C[P+](C)(C)C.O.[Cl-]. The number of halogens is 1. The zero-order valence-corrected chi connectivity index (χ0v) is 6.98. The van der Waals surface area contributed by atoms with Gasteiger partial charge >= 0.3 is 0 Å². The normalized spacial score (nSPS) is 8.57. The highest BCUT2D eigenvalue weighted by atomic mass is 35.5. The van der Waals surface area contributed by atoms with Gasteiger partial charge in [0, 0.05) is 33.9 Å². The van der Waals surface area contributed by atoms with E-state index in [1.807, 2.05) is 0 Å². The third-order valence-electron chi connectivity index (χ3n) is 0.